The number of nitrogens with zero attached hydrogens (tertiary/aromatic N) is 1. The van der Waals surface area contributed by atoms with E-state index in [0.717, 1.165) is 13.1 Å². The van der Waals surface area contributed by atoms with Gasteiger partial charge in [0.2, 0.25) is 0 Å². The van der Waals surface area contributed by atoms with Gasteiger partial charge in [0.05, 0.1) is 5.92 Å². The van der Waals surface area contributed by atoms with E-state index >= 15 is 0 Å². The predicted molar refractivity (Wildman–Crippen MR) is 58.4 cm³/mol. The first kappa shape index (κ1) is 13.4. The zero-order valence-corrected chi connectivity index (χ0v) is 9.62. The van der Waals surface area contributed by atoms with Crippen LogP contribution in [0, 0.1) is 5.92 Å². The summed E-state index contributed by atoms with van der Waals surface area (Å²) in [5, 5.41) is 8.77. The Labute approximate surface area is 87.1 Å². The number of carboxylic acid groups (broad SMARTS) is 1. The van der Waals surface area contributed by atoms with Crippen LogP contribution < -0.4 is 0 Å². The lowest BCUT2D eigenvalue weighted by molar-refractivity contribution is -0.141. The molecule has 0 aromatic heterocycles. The topological polar surface area (TPSA) is 40.5 Å². The number of aliphatic carboxylic acids is 1. The zero-order valence-electron chi connectivity index (χ0n) is 9.62. The number of rotatable bonds is 8. The summed E-state index contributed by atoms with van der Waals surface area (Å²) in [5.74, 6) is -0.949. The highest BCUT2D eigenvalue weighted by atomic mass is 16.4. The third kappa shape index (κ3) is 5.97. The van der Waals surface area contributed by atoms with Gasteiger partial charge in [-0.05, 0) is 19.5 Å². The molecule has 0 saturated carbocycles. The lowest BCUT2D eigenvalue weighted by atomic mass is 10.1. The van der Waals surface area contributed by atoms with Gasteiger partial charge in [0.25, 0.3) is 0 Å². The van der Waals surface area contributed by atoms with Crippen LogP contribution in [-0.4, -0.2) is 35.6 Å². The zero-order chi connectivity index (χ0) is 11.0. The van der Waals surface area contributed by atoms with Gasteiger partial charge in [0, 0.05) is 6.54 Å². The van der Waals surface area contributed by atoms with Crippen molar-refractivity contribution in [3.8, 4) is 0 Å². The third-order valence-electron chi connectivity index (χ3n) is 2.48. The number of unbranched alkanes of at least 4 members (excludes halogenated alkanes) is 2. The van der Waals surface area contributed by atoms with Crippen LogP contribution >= 0.6 is 0 Å². The molecule has 0 radical (unpaired) electrons. The van der Waals surface area contributed by atoms with Crippen LogP contribution in [0.4, 0.5) is 0 Å². The molecule has 0 aliphatic carbocycles. The Balaban J connectivity index is 3.72. The van der Waals surface area contributed by atoms with Gasteiger partial charge in [-0.1, -0.05) is 33.6 Å². The van der Waals surface area contributed by atoms with Gasteiger partial charge in [-0.2, -0.15) is 0 Å². The summed E-state index contributed by atoms with van der Waals surface area (Å²) >= 11 is 0. The maximum Gasteiger partial charge on any atom is 0.307 e. The number of carbonyl (C=O) groups is 1. The molecule has 1 atom stereocenters. The Morgan fingerprint density at radius 3 is 2.43 bits per heavy atom. The van der Waals surface area contributed by atoms with E-state index in [2.05, 4.69) is 18.7 Å². The van der Waals surface area contributed by atoms with Gasteiger partial charge < -0.3 is 10.0 Å². The van der Waals surface area contributed by atoms with Crippen LogP contribution in [0.25, 0.3) is 0 Å². The minimum Gasteiger partial charge on any atom is -0.481 e. The van der Waals surface area contributed by atoms with E-state index in [1.807, 2.05) is 0 Å². The van der Waals surface area contributed by atoms with E-state index in [-0.39, 0.29) is 5.92 Å². The van der Waals surface area contributed by atoms with Crippen molar-refractivity contribution in [2.24, 2.45) is 5.92 Å². The van der Waals surface area contributed by atoms with Crippen molar-refractivity contribution in [1.82, 2.24) is 4.90 Å². The largest absolute Gasteiger partial charge is 0.481 e. The third-order valence-corrected chi connectivity index (χ3v) is 2.48. The second-order valence-electron chi connectivity index (χ2n) is 3.84. The fourth-order valence-electron chi connectivity index (χ4n) is 1.43. The molecule has 0 saturated heterocycles. The van der Waals surface area contributed by atoms with Crippen LogP contribution in [0.3, 0.4) is 0 Å². The minimum absolute atomic E-state index is 0.253. The molecular weight excluding hydrogens is 178 g/mol. The summed E-state index contributed by atoms with van der Waals surface area (Å²) < 4.78 is 0. The molecule has 3 heteroatoms. The van der Waals surface area contributed by atoms with Crippen molar-refractivity contribution in [2.45, 2.75) is 40.0 Å². The van der Waals surface area contributed by atoms with Crippen molar-refractivity contribution in [3.63, 3.8) is 0 Å². The molecule has 1 unspecified atom stereocenters. The van der Waals surface area contributed by atoms with E-state index in [9.17, 15) is 4.79 Å². The minimum atomic E-state index is -0.695. The van der Waals surface area contributed by atoms with Gasteiger partial charge in [0.15, 0.2) is 0 Å². The average Bonchev–Trinajstić information content (AvgIpc) is 2.16. The number of hydrogen-bond acceptors (Lipinski definition) is 2. The second kappa shape index (κ2) is 7.80. The first-order chi connectivity index (χ1) is 6.61. The lowest BCUT2D eigenvalue weighted by Gasteiger charge is -2.22. The van der Waals surface area contributed by atoms with Crippen molar-refractivity contribution < 1.29 is 9.90 Å². The van der Waals surface area contributed by atoms with Gasteiger partial charge in [-0.3, -0.25) is 4.79 Å². The highest BCUT2D eigenvalue weighted by Gasteiger charge is 2.14. The molecule has 84 valence electrons. The van der Waals surface area contributed by atoms with Crippen molar-refractivity contribution >= 4 is 5.97 Å². The van der Waals surface area contributed by atoms with E-state index in [4.69, 9.17) is 5.11 Å². The summed E-state index contributed by atoms with van der Waals surface area (Å²) in [6.45, 7) is 8.68. The van der Waals surface area contributed by atoms with Crippen LogP contribution in [0.1, 0.15) is 40.0 Å². The van der Waals surface area contributed by atoms with Gasteiger partial charge in [0.1, 0.15) is 0 Å². The molecule has 0 aliphatic heterocycles. The first-order valence-electron chi connectivity index (χ1n) is 5.56. The van der Waals surface area contributed by atoms with Crippen LogP contribution in [0.2, 0.25) is 0 Å². The summed E-state index contributed by atoms with van der Waals surface area (Å²) in [6.07, 6.45) is 3.63. The van der Waals surface area contributed by atoms with Crippen LogP contribution in [-0.2, 0) is 4.79 Å². The fourth-order valence-corrected chi connectivity index (χ4v) is 1.43. The smallest absolute Gasteiger partial charge is 0.307 e. The summed E-state index contributed by atoms with van der Waals surface area (Å²) in [6, 6.07) is 0. The van der Waals surface area contributed by atoms with Crippen molar-refractivity contribution in [2.75, 3.05) is 19.6 Å². The molecule has 0 aromatic rings. The molecule has 14 heavy (non-hydrogen) atoms. The highest BCUT2D eigenvalue weighted by Crippen LogP contribution is 2.03. The quantitative estimate of drug-likeness (QED) is 0.612. The Kier molecular flexibility index (Phi) is 7.48. The molecule has 0 aromatic carbocycles. The summed E-state index contributed by atoms with van der Waals surface area (Å²) in [5.41, 5.74) is 0. The Bertz CT molecular complexity index is 159. The maximum absolute atomic E-state index is 10.7. The van der Waals surface area contributed by atoms with Crippen LogP contribution in [0.5, 0.6) is 0 Å². The van der Waals surface area contributed by atoms with E-state index in [1.54, 1.807) is 6.92 Å². The van der Waals surface area contributed by atoms with Crippen LogP contribution in [0.15, 0.2) is 0 Å². The van der Waals surface area contributed by atoms with E-state index in [0.29, 0.717) is 6.54 Å². The maximum atomic E-state index is 10.7. The highest BCUT2D eigenvalue weighted by molar-refractivity contribution is 5.69. The van der Waals surface area contributed by atoms with Gasteiger partial charge >= 0.3 is 5.97 Å². The first-order valence-corrected chi connectivity index (χ1v) is 5.56. The molecule has 0 spiro atoms. The molecule has 0 rings (SSSR count). The molecule has 1 N–H and O–H groups in total. The predicted octanol–water partition coefficient (Wildman–Crippen LogP) is 2.22. The molecule has 0 bridgehead atoms. The SMILES string of the molecule is CCCCCN(CC)CC(C)C(=O)O. The number of carboxylic acids is 1. The molecule has 0 heterocycles. The normalized spacial score (nSPS) is 13.1. The Morgan fingerprint density at radius 1 is 1.36 bits per heavy atom. The fraction of sp³-hybridized carbons (Fsp3) is 0.909. The molecule has 0 fully saturated rings. The van der Waals surface area contributed by atoms with Gasteiger partial charge in [-0.15, -0.1) is 0 Å². The number of hydrogen-bond donors (Lipinski definition) is 1. The Hall–Kier alpha value is -0.570. The van der Waals surface area contributed by atoms with E-state index in [1.165, 1.54) is 19.3 Å². The summed E-state index contributed by atoms with van der Waals surface area (Å²) in [4.78, 5) is 12.9. The molecule has 0 amide bonds. The second-order valence-corrected chi connectivity index (χ2v) is 3.84. The lowest BCUT2D eigenvalue weighted by Crippen LogP contribution is -2.32. The molecule has 3 nitrogen and oxygen atoms in total. The van der Waals surface area contributed by atoms with Crippen molar-refractivity contribution in [1.29, 1.82) is 0 Å². The Morgan fingerprint density at radius 2 is 2.00 bits per heavy atom. The average molecular weight is 201 g/mol. The van der Waals surface area contributed by atoms with Crippen molar-refractivity contribution in [3.05, 3.63) is 0 Å². The molecular formula is C11H23NO2. The van der Waals surface area contributed by atoms with Gasteiger partial charge in [-0.25, -0.2) is 0 Å². The summed E-state index contributed by atoms with van der Waals surface area (Å²) in [7, 11) is 0. The monoisotopic (exact) mass is 201 g/mol. The standard InChI is InChI=1S/C11H23NO2/c1-4-6-7-8-12(5-2)9-10(3)11(13)14/h10H,4-9H2,1-3H3,(H,13,14). The van der Waals surface area contributed by atoms with E-state index < -0.39 is 5.97 Å². The molecule has 0 aliphatic rings.